The molecule has 0 saturated carbocycles. The Morgan fingerprint density at radius 2 is 1.45 bits per heavy atom. The summed E-state index contributed by atoms with van der Waals surface area (Å²) >= 11 is 0. The summed E-state index contributed by atoms with van der Waals surface area (Å²) in [6.45, 7) is 0. The predicted molar refractivity (Wildman–Crippen MR) is 84.0 cm³/mol. The summed E-state index contributed by atoms with van der Waals surface area (Å²) in [6, 6.07) is 19.9. The molecular formula is C18H16N2O2. The first-order chi connectivity index (χ1) is 10.7. The van der Waals surface area contributed by atoms with Gasteiger partial charge in [-0.25, -0.2) is 9.78 Å². The Kier molecular flexibility index (Phi) is 4.01. The Morgan fingerprint density at radius 3 is 2.00 bits per heavy atom. The van der Waals surface area contributed by atoms with E-state index in [4.69, 9.17) is 5.11 Å². The smallest absolute Gasteiger partial charge is 0.371 e. The number of aromatic carboxylic acids is 1. The largest absolute Gasteiger partial charge is 0.475 e. The van der Waals surface area contributed by atoms with Crippen molar-refractivity contribution < 1.29 is 9.90 Å². The lowest BCUT2D eigenvalue weighted by Crippen LogP contribution is -1.99. The van der Waals surface area contributed by atoms with Gasteiger partial charge in [-0.05, 0) is 11.1 Å². The zero-order chi connectivity index (χ0) is 15.4. The quantitative estimate of drug-likeness (QED) is 0.758. The lowest BCUT2D eigenvalue weighted by molar-refractivity contribution is 0.0684. The molecule has 0 bridgehead atoms. The van der Waals surface area contributed by atoms with Crippen LogP contribution in [0.4, 0.5) is 0 Å². The van der Waals surface area contributed by atoms with Gasteiger partial charge in [0.05, 0.1) is 5.69 Å². The molecule has 0 radical (unpaired) electrons. The maximum absolute atomic E-state index is 11.2. The molecule has 0 unspecified atom stereocenters. The molecule has 3 rings (SSSR count). The molecule has 4 nitrogen and oxygen atoms in total. The fourth-order valence-electron chi connectivity index (χ4n) is 2.43. The summed E-state index contributed by atoms with van der Waals surface area (Å²) in [5.74, 6) is -1.04. The second-order valence-corrected chi connectivity index (χ2v) is 5.14. The first-order valence-electron chi connectivity index (χ1n) is 7.11. The van der Waals surface area contributed by atoms with Crippen molar-refractivity contribution in [1.29, 1.82) is 0 Å². The third kappa shape index (κ3) is 3.23. The molecule has 0 atom stereocenters. The monoisotopic (exact) mass is 292 g/mol. The Morgan fingerprint density at radius 1 is 0.909 bits per heavy atom. The fraction of sp³-hybridized carbons (Fsp3) is 0.111. The van der Waals surface area contributed by atoms with Crippen molar-refractivity contribution in [2.75, 3.05) is 0 Å². The van der Waals surface area contributed by atoms with Gasteiger partial charge in [-0.2, -0.15) is 0 Å². The van der Waals surface area contributed by atoms with Crippen LogP contribution in [0.25, 0.3) is 0 Å². The van der Waals surface area contributed by atoms with Gasteiger partial charge in [0.15, 0.2) is 0 Å². The number of carboxylic acid groups (broad SMARTS) is 1. The first-order valence-corrected chi connectivity index (χ1v) is 7.11. The van der Waals surface area contributed by atoms with Crippen molar-refractivity contribution in [3.8, 4) is 0 Å². The van der Waals surface area contributed by atoms with Crippen LogP contribution in [0, 0.1) is 0 Å². The van der Waals surface area contributed by atoms with Gasteiger partial charge < -0.3 is 10.1 Å². The number of hydrogen-bond acceptors (Lipinski definition) is 2. The molecule has 0 spiro atoms. The van der Waals surface area contributed by atoms with Gasteiger partial charge in [0.25, 0.3) is 0 Å². The SMILES string of the molecule is O=C(O)c1nc(Cc2ccccc2)c(Cc2ccccc2)[nH]1. The Hall–Kier alpha value is -2.88. The minimum Gasteiger partial charge on any atom is -0.475 e. The molecule has 22 heavy (non-hydrogen) atoms. The molecule has 0 saturated heterocycles. The average Bonchev–Trinajstić information content (AvgIpc) is 2.92. The minimum absolute atomic E-state index is 0.00291. The van der Waals surface area contributed by atoms with Crippen molar-refractivity contribution in [2.24, 2.45) is 0 Å². The summed E-state index contributed by atoms with van der Waals surface area (Å²) in [5.41, 5.74) is 3.87. The van der Waals surface area contributed by atoms with Crippen molar-refractivity contribution in [1.82, 2.24) is 9.97 Å². The van der Waals surface area contributed by atoms with Crippen LogP contribution in [-0.2, 0) is 12.8 Å². The van der Waals surface area contributed by atoms with E-state index in [9.17, 15) is 4.79 Å². The van der Waals surface area contributed by atoms with Crippen LogP contribution in [0.5, 0.6) is 0 Å². The van der Waals surface area contributed by atoms with Crippen molar-refractivity contribution >= 4 is 5.97 Å². The number of H-pyrrole nitrogens is 1. The van der Waals surface area contributed by atoms with Crippen molar-refractivity contribution in [2.45, 2.75) is 12.8 Å². The summed E-state index contributed by atoms with van der Waals surface area (Å²) in [5, 5.41) is 9.16. The molecule has 0 aliphatic heterocycles. The van der Waals surface area contributed by atoms with E-state index in [1.807, 2.05) is 60.7 Å². The summed E-state index contributed by atoms with van der Waals surface area (Å²) in [4.78, 5) is 18.4. The van der Waals surface area contributed by atoms with Crippen molar-refractivity contribution in [3.63, 3.8) is 0 Å². The highest BCUT2D eigenvalue weighted by atomic mass is 16.4. The highest BCUT2D eigenvalue weighted by molar-refractivity contribution is 5.83. The standard InChI is InChI=1S/C18H16N2O2/c21-18(22)17-19-15(11-13-7-3-1-4-8-13)16(20-17)12-14-9-5-2-6-10-14/h1-10H,11-12H2,(H,19,20)(H,21,22). The fourth-order valence-corrected chi connectivity index (χ4v) is 2.43. The molecular weight excluding hydrogens is 276 g/mol. The summed E-state index contributed by atoms with van der Waals surface area (Å²) < 4.78 is 0. The number of aromatic amines is 1. The Labute approximate surface area is 128 Å². The topological polar surface area (TPSA) is 66.0 Å². The van der Waals surface area contributed by atoms with Crippen LogP contribution >= 0.6 is 0 Å². The van der Waals surface area contributed by atoms with Gasteiger partial charge in [0, 0.05) is 18.5 Å². The second kappa shape index (κ2) is 6.26. The molecule has 1 aromatic heterocycles. The van der Waals surface area contributed by atoms with Crippen LogP contribution in [0.1, 0.15) is 33.1 Å². The van der Waals surface area contributed by atoms with Crippen LogP contribution in [0.2, 0.25) is 0 Å². The Balaban J connectivity index is 1.92. The van der Waals surface area contributed by atoms with Crippen LogP contribution < -0.4 is 0 Å². The molecule has 110 valence electrons. The molecule has 0 aliphatic rings. The highest BCUT2D eigenvalue weighted by Crippen LogP contribution is 2.16. The third-order valence-corrected chi connectivity index (χ3v) is 3.51. The van der Waals surface area contributed by atoms with Gasteiger partial charge in [0.1, 0.15) is 0 Å². The number of carboxylic acids is 1. The summed E-state index contributed by atoms with van der Waals surface area (Å²) in [6.07, 6.45) is 1.26. The zero-order valence-electron chi connectivity index (χ0n) is 12.0. The lowest BCUT2D eigenvalue weighted by Gasteiger charge is -2.03. The van der Waals surface area contributed by atoms with Crippen LogP contribution in [-0.4, -0.2) is 21.0 Å². The van der Waals surface area contributed by atoms with E-state index in [0.717, 1.165) is 22.5 Å². The van der Waals surface area contributed by atoms with Gasteiger partial charge in [-0.15, -0.1) is 0 Å². The number of nitrogens with one attached hydrogen (secondary N) is 1. The molecule has 0 fully saturated rings. The van der Waals surface area contributed by atoms with Gasteiger partial charge in [0.2, 0.25) is 5.82 Å². The van der Waals surface area contributed by atoms with E-state index in [0.29, 0.717) is 12.8 Å². The molecule has 2 N–H and O–H groups in total. The Bertz CT molecular complexity index is 705. The third-order valence-electron chi connectivity index (χ3n) is 3.51. The normalized spacial score (nSPS) is 10.5. The van der Waals surface area contributed by atoms with Crippen LogP contribution in [0.15, 0.2) is 60.7 Å². The van der Waals surface area contributed by atoms with E-state index >= 15 is 0 Å². The van der Waals surface area contributed by atoms with E-state index in [2.05, 4.69) is 9.97 Å². The average molecular weight is 292 g/mol. The van der Waals surface area contributed by atoms with Gasteiger partial charge in [-0.3, -0.25) is 0 Å². The van der Waals surface area contributed by atoms with Crippen molar-refractivity contribution in [3.05, 3.63) is 89.0 Å². The lowest BCUT2D eigenvalue weighted by atomic mass is 10.0. The van der Waals surface area contributed by atoms with E-state index in [1.165, 1.54) is 0 Å². The first kappa shape index (κ1) is 14.1. The number of nitrogens with zero attached hydrogens (tertiary/aromatic N) is 1. The van der Waals surface area contributed by atoms with Gasteiger partial charge in [-0.1, -0.05) is 60.7 Å². The number of rotatable bonds is 5. The van der Waals surface area contributed by atoms with E-state index < -0.39 is 5.97 Å². The maximum atomic E-state index is 11.2. The number of hydrogen-bond donors (Lipinski definition) is 2. The number of aromatic nitrogens is 2. The number of carbonyl (C=O) groups is 1. The molecule has 3 aromatic rings. The maximum Gasteiger partial charge on any atom is 0.371 e. The minimum atomic E-state index is -1.03. The zero-order valence-corrected chi connectivity index (χ0v) is 12.0. The number of imidazole rings is 1. The van der Waals surface area contributed by atoms with Crippen LogP contribution in [0.3, 0.4) is 0 Å². The second-order valence-electron chi connectivity index (χ2n) is 5.14. The molecule has 1 heterocycles. The molecule has 4 heteroatoms. The highest BCUT2D eigenvalue weighted by Gasteiger charge is 2.15. The van der Waals surface area contributed by atoms with Gasteiger partial charge >= 0.3 is 5.97 Å². The molecule has 0 aliphatic carbocycles. The molecule has 0 amide bonds. The number of benzene rings is 2. The van der Waals surface area contributed by atoms with E-state index in [1.54, 1.807) is 0 Å². The molecule has 2 aromatic carbocycles. The summed E-state index contributed by atoms with van der Waals surface area (Å²) in [7, 11) is 0. The predicted octanol–water partition coefficient (Wildman–Crippen LogP) is 3.29. The van der Waals surface area contributed by atoms with E-state index in [-0.39, 0.29) is 5.82 Å².